The molecule has 1 saturated heterocycles. The number of hydrogen-bond donors (Lipinski definition) is 2. The van der Waals surface area contributed by atoms with E-state index in [0.717, 1.165) is 43.5 Å². The predicted molar refractivity (Wildman–Crippen MR) is 94.2 cm³/mol. The zero-order valence-electron chi connectivity index (χ0n) is 13.8. The Hall–Kier alpha value is -2.20. The van der Waals surface area contributed by atoms with Crippen LogP contribution in [0.3, 0.4) is 0 Å². The fourth-order valence-corrected chi connectivity index (χ4v) is 3.87. The van der Waals surface area contributed by atoms with Gasteiger partial charge in [-0.15, -0.1) is 0 Å². The standard InChI is InChI=1S/C20H23N3O/c24-19(18-13-20(18)7-11-22-12-8-20)23-14-15-1-3-16(4-2-15)17-5-9-21-10-6-17/h1-6,9-10,18,22H,7-8,11-14H2,(H,23,24). The van der Waals surface area contributed by atoms with Gasteiger partial charge in [0.1, 0.15) is 0 Å². The quantitative estimate of drug-likeness (QED) is 0.910. The van der Waals surface area contributed by atoms with E-state index in [2.05, 4.69) is 39.9 Å². The maximum absolute atomic E-state index is 12.4. The summed E-state index contributed by atoms with van der Waals surface area (Å²) < 4.78 is 0. The molecule has 2 heterocycles. The van der Waals surface area contributed by atoms with Crippen molar-refractivity contribution in [2.24, 2.45) is 11.3 Å². The van der Waals surface area contributed by atoms with E-state index in [-0.39, 0.29) is 11.8 Å². The number of benzene rings is 1. The number of aromatic nitrogens is 1. The Labute approximate surface area is 142 Å². The Morgan fingerprint density at radius 3 is 2.46 bits per heavy atom. The molecule has 1 spiro atoms. The number of hydrogen-bond acceptors (Lipinski definition) is 3. The van der Waals surface area contributed by atoms with Crippen molar-refractivity contribution >= 4 is 5.91 Å². The summed E-state index contributed by atoms with van der Waals surface area (Å²) >= 11 is 0. The summed E-state index contributed by atoms with van der Waals surface area (Å²) in [6, 6.07) is 12.4. The number of piperidine rings is 1. The molecule has 1 aromatic heterocycles. The first kappa shape index (κ1) is 15.3. The number of amides is 1. The van der Waals surface area contributed by atoms with Crippen LogP contribution in [0, 0.1) is 11.3 Å². The lowest BCUT2D eigenvalue weighted by molar-refractivity contribution is -0.123. The molecule has 1 atom stereocenters. The number of nitrogens with one attached hydrogen (secondary N) is 2. The Bertz CT molecular complexity index is 705. The lowest BCUT2D eigenvalue weighted by atomic mass is 9.92. The molecule has 1 saturated carbocycles. The average molecular weight is 321 g/mol. The van der Waals surface area contributed by atoms with Crippen molar-refractivity contribution in [1.82, 2.24) is 15.6 Å². The van der Waals surface area contributed by atoms with Crippen molar-refractivity contribution in [2.45, 2.75) is 25.8 Å². The highest BCUT2D eigenvalue weighted by molar-refractivity contribution is 5.82. The molecule has 4 rings (SSSR count). The van der Waals surface area contributed by atoms with Gasteiger partial charge in [0.25, 0.3) is 0 Å². The molecule has 2 aromatic rings. The molecule has 2 aliphatic rings. The van der Waals surface area contributed by atoms with Gasteiger partial charge < -0.3 is 10.6 Å². The zero-order chi connectivity index (χ0) is 16.4. The normalized spacial score (nSPS) is 21.4. The molecule has 2 N–H and O–H groups in total. The lowest BCUT2D eigenvalue weighted by Gasteiger charge is -2.23. The van der Waals surface area contributed by atoms with Gasteiger partial charge in [0, 0.05) is 24.9 Å². The Kier molecular flexibility index (Phi) is 4.07. The number of nitrogens with zero attached hydrogens (tertiary/aromatic N) is 1. The Morgan fingerprint density at radius 2 is 1.75 bits per heavy atom. The molecule has 4 heteroatoms. The fraction of sp³-hybridized carbons (Fsp3) is 0.400. The van der Waals surface area contributed by atoms with Crippen LogP contribution in [0.2, 0.25) is 0 Å². The maximum Gasteiger partial charge on any atom is 0.223 e. The van der Waals surface area contributed by atoms with Crippen molar-refractivity contribution in [2.75, 3.05) is 13.1 Å². The van der Waals surface area contributed by atoms with Crippen LogP contribution in [-0.4, -0.2) is 24.0 Å². The van der Waals surface area contributed by atoms with Gasteiger partial charge in [-0.2, -0.15) is 0 Å². The third kappa shape index (κ3) is 3.06. The first-order valence-electron chi connectivity index (χ1n) is 8.75. The first-order chi connectivity index (χ1) is 11.8. The molecule has 1 aromatic carbocycles. The van der Waals surface area contributed by atoms with E-state index in [1.807, 2.05) is 12.1 Å². The lowest BCUT2D eigenvalue weighted by Crippen LogP contribution is -2.33. The van der Waals surface area contributed by atoms with E-state index < -0.39 is 0 Å². The molecule has 4 nitrogen and oxygen atoms in total. The fourth-order valence-electron chi connectivity index (χ4n) is 3.87. The summed E-state index contributed by atoms with van der Waals surface area (Å²) in [5.41, 5.74) is 3.77. The van der Waals surface area contributed by atoms with E-state index in [0.29, 0.717) is 12.0 Å². The maximum atomic E-state index is 12.4. The average Bonchev–Trinajstić information content (AvgIpc) is 3.34. The van der Waals surface area contributed by atoms with Gasteiger partial charge in [-0.05, 0) is 66.6 Å². The van der Waals surface area contributed by atoms with Gasteiger partial charge in [-0.1, -0.05) is 24.3 Å². The van der Waals surface area contributed by atoms with Gasteiger partial charge >= 0.3 is 0 Å². The second-order valence-electron chi connectivity index (χ2n) is 7.02. The van der Waals surface area contributed by atoms with Crippen molar-refractivity contribution in [3.63, 3.8) is 0 Å². The SMILES string of the molecule is O=C(NCc1ccc(-c2ccncc2)cc1)C1CC12CCNCC2. The van der Waals surface area contributed by atoms with Gasteiger partial charge in [0.05, 0.1) is 0 Å². The molecule has 1 unspecified atom stereocenters. The van der Waals surface area contributed by atoms with Crippen molar-refractivity contribution < 1.29 is 4.79 Å². The summed E-state index contributed by atoms with van der Waals surface area (Å²) in [7, 11) is 0. The number of pyridine rings is 1. The number of carbonyl (C=O) groups is 1. The van der Waals surface area contributed by atoms with Crippen molar-refractivity contribution in [1.29, 1.82) is 0 Å². The summed E-state index contributed by atoms with van der Waals surface area (Å²) in [5.74, 6) is 0.464. The van der Waals surface area contributed by atoms with Crippen molar-refractivity contribution in [3.8, 4) is 11.1 Å². The minimum atomic E-state index is 0.232. The zero-order valence-corrected chi connectivity index (χ0v) is 13.8. The van der Waals surface area contributed by atoms with Crippen LogP contribution < -0.4 is 10.6 Å². The highest BCUT2D eigenvalue weighted by atomic mass is 16.2. The minimum Gasteiger partial charge on any atom is -0.352 e. The van der Waals surface area contributed by atoms with E-state index >= 15 is 0 Å². The molecule has 0 bridgehead atoms. The summed E-state index contributed by atoms with van der Waals surface area (Å²) in [6.07, 6.45) is 6.96. The molecule has 24 heavy (non-hydrogen) atoms. The van der Waals surface area contributed by atoms with Crippen molar-refractivity contribution in [3.05, 3.63) is 54.4 Å². The van der Waals surface area contributed by atoms with E-state index in [1.165, 1.54) is 5.56 Å². The highest BCUT2D eigenvalue weighted by Gasteiger charge is 2.57. The first-order valence-corrected chi connectivity index (χ1v) is 8.75. The highest BCUT2D eigenvalue weighted by Crippen LogP contribution is 2.58. The van der Waals surface area contributed by atoms with Crippen LogP contribution in [0.25, 0.3) is 11.1 Å². The van der Waals surface area contributed by atoms with Gasteiger partial charge in [0.2, 0.25) is 5.91 Å². The van der Waals surface area contributed by atoms with Crippen LogP contribution in [-0.2, 0) is 11.3 Å². The molecule has 0 radical (unpaired) electrons. The molecular formula is C20H23N3O. The van der Waals surface area contributed by atoms with Crippen LogP contribution in [0.4, 0.5) is 0 Å². The molecular weight excluding hydrogens is 298 g/mol. The molecule has 1 aliphatic heterocycles. The van der Waals surface area contributed by atoms with Crippen LogP contribution >= 0.6 is 0 Å². The van der Waals surface area contributed by atoms with Crippen LogP contribution in [0.15, 0.2) is 48.8 Å². The summed E-state index contributed by atoms with van der Waals surface area (Å²) in [5, 5.41) is 6.50. The van der Waals surface area contributed by atoms with E-state index in [9.17, 15) is 4.79 Å². The second kappa shape index (κ2) is 6.36. The monoisotopic (exact) mass is 321 g/mol. The molecule has 124 valence electrons. The molecule has 1 amide bonds. The topological polar surface area (TPSA) is 54.0 Å². The van der Waals surface area contributed by atoms with Gasteiger partial charge in [0.15, 0.2) is 0 Å². The van der Waals surface area contributed by atoms with E-state index in [4.69, 9.17) is 0 Å². The largest absolute Gasteiger partial charge is 0.352 e. The van der Waals surface area contributed by atoms with Crippen LogP contribution in [0.5, 0.6) is 0 Å². The Morgan fingerprint density at radius 1 is 1.08 bits per heavy atom. The minimum absolute atomic E-state index is 0.232. The van der Waals surface area contributed by atoms with Gasteiger partial charge in [-0.3, -0.25) is 9.78 Å². The molecule has 2 fully saturated rings. The summed E-state index contributed by atoms with van der Waals surface area (Å²) in [4.78, 5) is 16.4. The van der Waals surface area contributed by atoms with Crippen LogP contribution in [0.1, 0.15) is 24.8 Å². The smallest absolute Gasteiger partial charge is 0.223 e. The number of rotatable bonds is 4. The third-order valence-corrected chi connectivity index (χ3v) is 5.54. The predicted octanol–water partition coefficient (Wildman–Crippen LogP) is 2.75. The molecule has 1 aliphatic carbocycles. The van der Waals surface area contributed by atoms with Gasteiger partial charge in [-0.25, -0.2) is 0 Å². The third-order valence-electron chi connectivity index (χ3n) is 5.54. The Balaban J connectivity index is 1.32. The van der Waals surface area contributed by atoms with E-state index in [1.54, 1.807) is 12.4 Å². The second-order valence-corrected chi connectivity index (χ2v) is 7.02. The summed E-state index contributed by atoms with van der Waals surface area (Å²) in [6.45, 7) is 2.72. The number of carbonyl (C=O) groups excluding carboxylic acids is 1.